The number of H-pyrrole nitrogens is 1. The van der Waals surface area contributed by atoms with Crippen molar-refractivity contribution in [3.63, 3.8) is 0 Å². The van der Waals surface area contributed by atoms with Gasteiger partial charge < -0.3 is 15.5 Å². The first-order valence-corrected chi connectivity index (χ1v) is 10.1. The number of carbonyl (C=O) groups excluding carboxylic acids is 1. The number of rotatable bonds is 7. The van der Waals surface area contributed by atoms with E-state index in [4.69, 9.17) is 27.5 Å². The Morgan fingerprint density at radius 1 is 1.17 bits per heavy atom. The van der Waals surface area contributed by atoms with Crippen LogP contribution in [0.15, 0.2) is 42.5 Å². The summed E-state index contributed by atoms with van der Waals surface area (Å²) in [4.78, 5) is 19.0. The highest BCUT2D eigenvalue weighted by atomic mass is 35.5. The van der Waals surface area contributed by atoms with Crippen molar-refractivity contribution < 1.29 is 9.53 Å². The van der Waals surface area contributed by atoms with Crippen molar-refractivity contribution in [1.82, 2.24) is 14.8 Å². The number of halogens is 1. The van der Waals surface area contributed by atoms with Gasteiger partial charge in [-0.05, 0) is 37.4 Å². The minimum Gasteiger partial charge on any atom is -0.455 e. The molecule has 3 aromatic rings. The summed E-state index contributed by atoms with van der Waals surface area (Å²) in [5.41, 5.74) is 7.39. The standard InChI is InChI=1S/C22H26ClN5O2/c1-4-28(5-2)13-14-8-6-7-9-18(14)30-19-11-10-16(23)15-12-17(26-20(15)19)21(29)27(3)22(24)25/h6-12,26H,4-5,13H2,1-3H3,(H3,24,25). The maximum Gasteiger partial charge on any atom is 0.276 e. The lowest BCUT2D eigenvalue weighted by atomic mass is 10.2. The summed E-state index contributed by atoms with van der Waals surface area (Å²) in [6.07, 6.45) is 0. The summed E-state index contributed by atoms with van der Waals surface area (Å²) in [5, 5.41) is 8.63. The molecule has 8 heteroatoms. The second-order valence-corrected chi connectivity index (χ2v) is 7.34. The van der Waals surface area contributed by atoms with Crippen molar-refractivity contribution in [2.24, 2.45) is 5.73 Å². The van der Waals surface area contributed by atoms with Crippen molar-refractivity contribution in [3.8, 4) is 11.5 Å². The van der Waals surface area contributed by atoms with Crippen molar-refractivity contribution in [2.45, 2.75) is 20.4 Å². The zero-order valence-electron chi connectivity index (χ0n) is 17.3. The summed E-state index contributed by atoms with van der Waals surface area (Å²) < 4.78 is 6.26. The van der Waals surface area contributed by atoms with E-state index in [1.165, 1.54) is 7.05 Å². The molecule has 0 fully saturated rings. The highest BCUT2D eigenvalue weighted by molar-refractivity contribution is 6.35. The molecule has 0 aliphatic heterocycles. The fraction of sp³-hybridized carbons (Fsp3) is 0.273. The average Bonchev–Trinajstić information content (AvgIpc) is 3.20. The molecule has 0 saturated carbocycles. The molecule has 0 bridgehead atoms. The predicted molar refractivity (Wildman–Crippen MR) is 120 cm³/mol. The Labute approximate surface area is 180 Å². The number of aromatic nitrogens is 1. The van der Waals surface area contributed by atoms with Crippen LogP contribution in [0.4, 0.5) is 0 Å². The molecule has 1 amide bonds. The molecule has 4 N–H and O–H groups in total. The molecule has 1 heterocycles. The number of amides is 1. The number of benzene rings is 2. The lowest BCUT2D eigenvalue weighted by Crippen LogP contribution is -2.38. The second kappa shape index (κ2) is 9.19. The van der Waals surface area contributed by atoms with Gasteiger partial charge in [-0.25, -0.2) is 0 Å². The molecule has 0 spiro atoms. The molecule has 0 aliphatic rings. The highest BCUT2D eigenvalue weighted by Crippen LogP contribution is 2.36. The Morgan fingerprint density at radius 2 is 1.87 bits per heavy atom. The molecular formula is C22H26ClN5O2. The molecular weight excluding hydrogens is 402 g/mol. The van der Waals surface area contributed by atoms with Crippen molar-refractivity contribution in [3.05, 3.63) is 58.7 Å². The summed E-state index contributed by atoms with van der Waals surface area (Å²) in [7, 11) is 1.44. The largest absolute Gasteiger partial charge is 0.455 e. The molecule has 0 aliphatic carbocycles. The van der Waals surface area contributed by atoms with Crippen LogP contribution in [-0.4, -0.2) is 46.8 Å². The molecule has 2 aromatic carbocycles. The fourth-order valence-corrected chi connectivity index (χ4v) is 3.40. The number of hydrogen-bond acceptors (Lipinski definition) is 4. The van der Waals surface area contributed by atoms with E-state index in [-0.39, 0.29) is 11.7 Å². The van der Waals surface area contributed by atoms with Crippen LogP contribution < -0.4 is 10.5 Å². The van der Waals surface area contributed by atoms with Crippen molar-refractivity contribution >= 4 is 34.4 Å². The van der Waals surface area contributed by atoms with E-state index in [2.05, 4.69) is 23.7 Å². The van der Waals surface area contributed by atoms with Gasteiger partial charge in [0.1, 0.15) is 11.4 Å². The van der Waals surface area contributed by atoms with Crippen LogP contribution in [0.25, 0.3) is 10.9 Å². The number of para-hydroxylation sites is 1. The zero-order chi connectivity index (χ0) is 21.8. The summed E-state index contributed by atoms with van der Waals surface area (Å²) in [5.74, 6) is 0.538. The van der Waals surface area contributed by atoms with E-state index < -0.39 is 5.91 Å². The minimum absolute atomic E-state index is 0.275. The third kappa shape index (κ3) is 4.42. The maximum absolute atomic E-state index is 12.6. The van der Waals surface area contributed by atoms with Gasteiger partial charge in [0.15, 0.2) is 11.7 Å². The molecule has 30 heavy (non-hydrogen) atoms. The number of nitrogens with two attached hydrogens (primary N) is 1. The van der Waals surface area contributed by atoms with Gasteiger partial charge in [0, 0.05) is 24.5 Å². The highest BCUT2D eigenvalue weighted by Gasteiger charge is 2.19. The lowest BCUT2D eigenvalue weighted by molar-refractivity contribution is 0.0864. The quantitative estimate of drug-likeness (QED) is 0.384. The van der Waals surface area contributed by atoms with Crippen molar-refractivity contribution in [2.75, 3.05) is 20.1 Å². The topological polar surface area (TPSA) is 98.4 Å². The Kier molecular flexibility index (Phi) is 6.64. The summed E-state index contributed by atoms with van der Waals surface area (Å²) in [6.45, 7) is 6.93. The average molecular weight is 428 g/mol. The molecule has 0 atom stereocenters. The predicted octanol–water partition coefficient (Wildman–Crippen LogP) is 4.42. The van der Waals surface area contributed by atoms with Crippen LogP contribution in [0.2, 0.25) is 5.02 Å². The van der Waals surface area contributed by atoms with Crippen LogP contribution in [0.3, 0.4) is 0 Å². The number of nitrogens with zero attached hydrogens (tertiary/aromatic N) is 2. The van der Waals surface area contributed by atoms with Gasteiger partial charge in [-0.3, -0.25) is 20.0 Å². The van der Waals surface area contributed by atoms with Crippen molar-refractivity contribution in [1.29, 1.82) is 5.41 Å². The first-order chi connectivity index (χ1) is 14.3. The Bertz CT molecular complexity index is 1070. The second-order valence-electron chi connectivity index (χ2n) is 6.94. The number of guanidine groups is 1. The first-order valence-electron chi connectivity index (χ1n) is 9.77. The first kappa shape index (κ1) is 21.7. The van der Waals surface area contributed by atoms with Crippen LogP contribution in [0, 0.1) is 5.41 Å². The third-order valence-electron chi connectivity index (χ3n) is 5.08. The van der Waals surface area contributed by atoms with Gasteiger partial charge in [0.25, 0.3) is 5.91 Å². The van der Waals surface area contributed by atoms with Gasteiger partial charge >= 0.3 is 0 Å². The number of fused-ring (bicyclic) bond motifs is 1. The van der Waals surface area contributed by atoms with Crippen LogP contribution >= 0.6 is 11.6 Å². The molecule has 3 rings (SSSR count). The number of hydrogen-bond donors (Lipinski definition) is 3. The van der Waals surface area contributed by atoms with Gasteiger partial charge in [-0.2, -0.15) is 0 Å². The van der Waals surface area contributed by atoms with E-state index >= 15 is 0 Å². The third-order valence-corrected chi connectivity index (χ3v) is 5.41. The van der Waals surface area contributed by atoms with E-state index in [0.717, 1.165) is 35.8 Å². The van der Waals surface area contributed by atoms with Gasteiger partial charge in [0.05, 0.1) is 10.5 Å². The number of ether oxygens (including phenoxy) is 1. The van der Waals surface area contributed by atoms with E-state index in [1.807, 2.05) is 24.3 Å². The van der Waals surface area contributed by atoms with E-state index in [0.29, 0.717) is 21.7 Å². The Morgan fingerprint density at radius 3 is 2.53 bits per heavy atom. The monoisotopic (exact) mass is 427 g/mol. The smallest absolute Gasteiger partial charge is 0.276 e. The van der Waals surface area contributed by atoms with Gasteiger partial charge in [0.2, 0.25) is 0 Å². The zero-order valence-corrected chi connectivity index (χ0v) is 18.1. The van der Waals surface area contributed by atoms with Crippen LogP contribution in [0.5, 0.6) is 11.5 Å². The van der Waals surface area contributed by atoms with Gasteiger partial charge in [-0.1, -0.05) is 43.6 Å². The number of aromatic amines is 1. The van der Waals surface area contributed by atoms with E-state index in [9.17, 15) is 4.79 Å². The molecule has 0 radical (unpaired) electrons. The number of nitrogens with one attached hydrogen (secondary N) is 2. The molecule has 0 saturated heterocycles. The Hall–Kier alpha value is -3.03. The van der Waals surface area contributed by atoms with E-state index in [1.54, 1.807) is 18.2 Å². The Balaban J connectivity index is 1.99. The lowest BCUT2D eigenvalue weighted by Gasteiger charge is -2.20. The molecule has 158 valence electrons. The van der Waals surface area contributed by atoms with Crippen LogP contribution in [0.1, 0.15) is 29.9 Å². The molecule has 0 unspecified atom stereocenters. The number of carbonyl (C=O) groups is 1. The SMILES string of the molecule is CCN(CC)Cc1ccccc1Oc1ccc(Cl)c2cc(C(=O)N(C)C(=N)N)[nH]c12. The van der Waals surface area contributed by atoms with Gasteiger partial charge in [-0.15, -0.1) is 0 Å². The summed E-state index contributed by atoms with van der Waals surface area (Å²) >= 11 is 6.36. The fourth-order valence-electron chi connectivity index (χ4n) is 3.19. The minimum atomic E-state index is -0.428. The molecule has 7 nitrogen and oxygen atoms in total. The maximum atomic E-state index is 12.6. The normalized spacial score (nSPS) is 11.1. The molecule has 1 aromatic heterocycles. The van der Waals surface area contributed by atoms with Crippen LogP contribution in [-0.2, 0) is 6.54 Å². The summed E-state index contributed by atoms with van der Waals surface area (Å²) in [6, 6.07) is 13.1.